The molecule has 1 amide bonds. The monoisotopic (exact) mass is 779 g/mol. The number of ether oxygens (including phenoxy) is 1. The number of hydrogen-bond acceptors (Lipinski definition) is 9. The van der Waals surface area contributed by atoms with Crippen LogP contribution in [0.25, 0.3) is 0 Å². The number of nitrogens with one attached hydrogen (secondary N) is 1. The molecule has 5 aliphatic rings. The molecule has 2 heterocycles. The van der Waals surface area contributed by atoms with Gasteiger partial charge in [0.2, 0.25) is 0 Å². The van der Waals surface area contributed by atoms with Crippen molar-refractivity contribution in [2.45, 2.75) is 122 Å². The highest BCUT2D eigenvalue weighted by atomic mass is 35.5. The summed E-state index contributed by atoms with van der Waals surface area (Å²) in [6.07, 6.45) is 6.64. The van der Waals surface area contributed by atoms with Crippen LogP contribution in [0.4, 0.5) is 22.4 Å². The lowest BCUT2D eigenvalue weighted by Gasteiger charge is -2.47. The first-order valence-corrected chi connectivity index (χ1v) is 19.3. The number of allylic oxidation sites excluding steroid dienone is 2. The van der Waals surface area contributed by atoms with Crippen LogP contribution in [-0.4, -0.2) is 77.0 Å². The fourth-order valence-electron chi connectivity index (χ4n) is 9.15. The standard InChI is InChI=1S/C39H54ClF4N7O3/c1-6-22(18-51(46)34(43)44)23-7-10-25(11-8-23)39(21-36(2,3)4)32(52)37(5,33(45)48-39)29(20-54-35(53)50(19-31(41)42)27-12-13-27)24-9-14-30(40)28(15-24)38-16-26(38)17-47-49-38/h7,9-10,14-15,17-18,23,25-27,29,31-32,34,49,52H,6,8,11-13,16,19-21,46H2,1-5H3,(H2,45,48)/b22-18+/t23?,25?,26?,29?,32?,37-,38?,39-/m1/s1. The Morgan fingerprint density at radius 3 is 2.43 bits per heavy atom. The smallest absolute Gasteiger partial charge is 0.410 e. The van der Waals surface area contributed by atoms with Gasteiger partial charge in [0, 0.05) is 41.2 Å². The topological polar surface area (TPSA) is 142 Å². The number of fused-ring (bicyclic) bond motifs is 1. The molecule has 2 fully saturated rings. The average Bonchev–Trinajstić information content (AvgIpc) is 4.03. The summed E-state index contributed by atoms with van der Waals surface area (Å²) in [5.74, 6) is 4.73. The van der Waals surface area contributed by atoms with Crippen LogP contribution in [-0.2, 0) is 10.3 Å². The molecule has 6 rings (SSSR count). The summed E-state index contributed by atoms with van der Waals surface area (Å²) < 4.78 is 59.6. The highest BCUT2D eigenvalue weighted by Crippen LogP contribution is 2.58. The number of aliphatic hydroxyl groups excluding tert-OH is 1. The lowest BCUT2D eigenvalue weighted by Crippen LogP contribution is -2.56. The maximum absolute atomic E-state index is 13.6. The Bertz CT molecular complexity index is 1700. The lowest BCUT2D eigenvalue weighted by molar-refractivity contribution is -0.0304. The van der Waals surface area contributed by atoms with Crippen LogP contribution >= 0.6 is 11.6 Å². The van der Waals surface area contributed by atoms with E-state index in [0.29, 0.717) is 54.1 Å². The van der Waals surface area contributed by atoms with Gasteiger partial charge in [-0.1, -0.05) is 63.6 Å². The van der Waals surface area contributed by atoms with E-state index in [1.807, 2.05) is 44.3 Å². The molecule has 0 bridgehead atoms. The van der Waals surface area contributed by atoms with Crippen LogP contribution in [0.3, 0.4) is 0 Å². The molecule has 2 saturated carbocycles. The molecule has 6 N–H and O–H groups in total. The average molecular weight is 780 g/mol. The van der Waals surface area contributed by atoms with Crippen molar-refractivity contribution in [2.24, 2.45) is 50.3 Å². The number of hydrazone groups is 1. The second-order valence-electron chi connectivity index (χ2n) is 17.2. The van der Waals surface area contributed by atoms with E-state index in [9.17, 15) is 27.5 Å². The Hall–Kier alpha value is -3.36. The number of nitrogens with zero attached hydrogens (tertiary/aromatic N) is 4. The Labute approximate surface area is 320 Å². The fraction of sp³-hybridized carbons (Fsp3) is 0.667. The molecule has 0 aromatic heterocycles. The van der Waals surface area contributed by atoms with E-state index >= 15 is 0 Å². The molecule has 1 aromatic carbocycles. The minimum Gasteiger partial charge on any atom is -0.449 e. The molecule has 1 aromatic rings. The number of amides is 1. The highest BCUT2D eigenvalue weighted by Gasteiger charge is 2.63. The van der Waals surface area contributed by atoms with Gasteiger partial charge in [-0.05, 0) is 86.0 Å². The van der Waals surface area contributed by atoms with Gasteiger partial charge >= 0.3 is 12.6 Å². The van der Waals surface area contributed by atoms with Gasteiger partial charge in [0.05, 0.1) is 29.1 Å². The third-order valence-electron chi connectivity index (χ3n) is 12.2. The number of carbonyl (C=O) groups is 1. The first kappa shape index (κ1) is 40.3. The van der Waals surface area contributed by atoms with E-state index in [4.69, 9.17) is 32.9 Å². The Morgan fingerprint density at radius 2 is 1.89 bits per heavy atom. The predicted octanol–water partition coefficient (Wildman–Crippen LogP) is 7.28. The van der Waals surface area contributed by atoms with E-state index in [1.54, 1.807) is 6.07 Å². The summed E-state index contributed by atoms with van der Waals surface area (Å²) >= 11 is 6.80. The number of nitrogens with two attached hydrogens (primary N) is 2. The van der Waals surface area contributed by atoms with Crippen molar-refractivity contribution in [3.8, 4) is 0 Å². The van der Waals surface area contributed by atoms with Crippen molar-refractivity contribution >= 4 is 29.7 Å². The van der Waals surface area contributed by atoms with E-state index in [0.717, 1.165) is 22.5 Å². The summed E-state index contributed by atoms with van der Waals surface area (Å²) in [6, 6.07) is 5.24. The number of halogens is 5. The van der Waals surface area contributed by atoms with Crippen LogP contribution in [0.5, 0.6) is 0 Å². The number of amidine groups is 1. The van der Waals surface area contributed by atoms with Crippen LogP contribution in [0.1, 0.15) is 96.6 Å². The molecule has 15 heteroatoms. The van der Waals surface area contributed by atoms with Crippen molar-refractivity contribution in [3.63, 3.8) is 0 Å². The quantitative estimate of drug-likeness (QED) is 0.0512. The van der Waals surface area contributed by atoms with Crippen molar-refractivity contribution in [2.75, 3.05) is 13.2 Å². The molecule has 2 aliphatic heterocycles. The number of hydrazine groups is 1. The normalized spacial score (nSPS) is 32.4. The number of alkyl halides is 4. The molecule has 8 atom stereocenters. The zero-order valence-electron chi connectivity index (χ0n) is 31.6. The van der Waals surface area contributed by atoms with Gasteiger partial charge in [-0.3, -0.25) is 20.3 Å². The number of aliphatic imine (C=N–C) groups is 1. The first-order chi connectivity index (χ1) is 25.4. The maximum atomic E-state index is 13.6. The lowest BCUT2D eigenvalue weighted by atomic mass is 9.59. The molecule has 3 aliphatic carbocycles. The van der Waals surface area contributed by atoms with Gasteiger partial charge < -0.3 is 15.6 Å². The minimum atomic E-state index is -2.83. The molecule has 0 saturated heterocycles. The van der Waals surface area contributed by atoms with Gasteiger partial charge in [0.25, 0.3) is 6.43 Å². The minimum absolute atomic E-state index is 0.130. The van der Waals surface area contributed by atoms with E-state index in [1.165, 1.54) is 6.20 Å². The third kappa shape index (κ3) is 7.58. The summed E-state index contributed by atoms with van der Waals surface area (Å²) in [4.78, 5) is 19.8. The number of rotatable bonds is 14. The maximum Gasteiger partial charge on any atom is 0.410 e. The second-order valence-corrected chi connectivity index (χ2v) is 17.6. The predicted molar refractivity (Wildman–Crippen MR) is 201 cm³/mol. The van der Waals surface area contributed by atoms with E-state index in [2.05, 4.69) is 31.3 Å². The third-order valence-corrected chi connectivity index (χ3v) is 12.6. The molecule has 0 spiro atoms. The van der Waals surface area contributed by atoms with Gasteiger partial charge in [-0.15, -0.1) is 0 Å². The molecule has 6 unspecified atom stereocenters. The SMILES string of the molecule is CC/C(=C\N(N)C(F)F)C1C=CC([C@@]2(CC(C)(C)C)N=C(N)[C@](C)(C(COC(=O)N(CC(F)F)C3CC3)c3ccc(Cl)c(C45CC4C=NN5)c3)C2O)CC1. The zero-order valence-corrected chi connectivity index (χ0v) is 32.4. The molecule has 10 nitrogen and oxygen atoms in total. The highest BCUT2D eigenvalue weighted by molar-refractivity contribution is 6.31. The second kappa shape index (κ2) is 14.9. The van der Waals surface area contributed by atoms with Crippen LogP contribution in [0.15, 0.2) is 52.2 Å². The van der Waals surface area contributed by atoms with Crippen LogP contribution < -0.4 is 17.0 Å². The van der Waals surface area contributed by atoms with Gasteiger partial charge in [-0.25, -0.2) is 19.4 Å². The van der Waals surface area contributed by atoms with Crippen LogP contribution in [0, 0.1) is 28.6 Å². The Kier molecular flexibility index (Phi) is 11.2. The zero-order chi connectivity index (χ0) is 39.4. The van der Waals surface area contributed by atoms with E-state index < -0.39 is 54.1 Å². The summed E-state index contributed by atoms with van der Waals surface area (Å²) in [7, 11) is 0. The molecular formula is C39H54ClF4N7O3. The summed E-state index contributed by atoms with van der Waals surface area (Å²) in [5.41, 5.74) is 9.29. The molecule has 298 valence electrons. The number of aliphatic hydroxyl groups is 1. The number of carbonyl (C=O) groups excluding carboxylic acids is 1. The Balaban J connectivity index is 1.38. The van der Waals surface area contributed by atoms with Crippen molar-refractivity contribution < 1.29 is 32.2 Å². The fourth-order valence-corrected chi connectivity index (χ4v) is 9.44. The van der Waals surface area contributed by atoms with E-state index in [-0.39, 0.29) is 41.7 Å². The molecule has 54 heavy (non-hydrogen) atoms. The van der Waals surface area contributed by atoms with Gasteiger partial charge in [0.1, 0.15) is 12.4 Å². The molecular weight excluding hydrogens is 726 g/mol. The van der Waals surface area contributed by atoms with Crippen molar-refractivity contribution in [3.05, 3.63) is 58.3 Å². The van der Waals surface area contributed by atoms with Crippen molar-refractivity contribution in [1.29, 1.82) is 0 Å². The van der Waals surface area contributed by atoms with Gasteiger partial charge in [0.15, 0.2) is 0 Å². The van der Waals surface area contributed by atoms with Gasteiger partial charge in [-0.2, -0.15) is 13.9 Å². The number of benzene rings is 1. The van der Waals surface area contributed by atoms with Crippen molar-refractivity contribution in [1.82, 2.24) is 15.3 Å². The summed E-state index contributed by atoms with van der Waals surface area (Å²) in [6.45, 7) is 6.10. The van der Waals surface area contributed by atoms with Crippen LogP contribution in [0.2, 0.25) is 5.02 Å². The summed E-state index contributed by atoms with van der Waals surface area (Å²) in [5, 5.41) is 18.1. The molecule has 0 radical (unpaired) electrons. The Morgan fingerprint density at radius 1 is 1.17 bits per heavy atom. The largest absolute Gasteiger partial charge is 0.449 e. The number of hydrogen-bond donors (Lipinski definition) is 4. The first-order valence-electron chi connectivity index (χ1n) is 18.9.